The van der Waals surface area contributed by atoms with Crippen molar-refractivity contribution in [2.24, 2.45) is 0 Å². The minimum absolute atomic E-state index is 0.0853. The Hall–Kier alpha value is -0.900. The third-order valence-electron chi connectivity index (χ3n) is 3.31. The van der Waals surface area contributed by atoms with Crippen molar-refractivity contribution in [2.75, 3.05) is 5.32 Å². The lowest BCUT2D eigenvalue weighted by Gasteiger charge is -2.06. The SMILES string of the molecule is CCCCCCCCCC(=O)Nc1cnc(Br)c(C)c1. The zero-order valence-corrected chi connectivity index (χ0v) is 14.1. The molecule has 0 unspecified atom stereocenters. The lowest BCUT2D eigenvalue weighted by atomic mass is 10.1. The number of aryl methyl sites for hydroxylation is 1. The predicted molar refractivity (Wildman–Crippen MR) is 87.9 cm³/mol. The highest BCUT2D eigenvalue weighted by molar-refractivity contribution is 9.10. The third kappa shape index (κ3) is 7.04. The van der Waals surface area contributed by atoms with Crippen LogP contribution in [0.1, 0.15) is 63.9 Å². The van der Waals surface area contributed by atoms with Gasteiger partial charge in [0.15, 0.2) is 0 Å². The van der Waals surface area contributed by atoms with E-state index in [-0.39, 0.29) is 5.91 Å². The summed E-state index contributed by atoms with van der Waals surface area (Å²) in [6, 6.07) is 1.93. The molecule has 1 heterocycles. The highest BCUT2D eigenvalue weighted by Crippen LogP contribution is 2.17. The number of amides is 1. The Bertz CT molecular complexity index is 421. The van der Waals surface area contributed by atoms with Crippen LogP contribution >= 0.6 is 15.9 Å². The molecule has 1 N–H and O–H groups in total. The second-order valence-corrected chi connectivity index (χ2v) is 6.00. The Morgan fingerprint density at radius 2 is 1.85 bits per heavy atom. The summed E-state index contributed by atoms with van der Waals surface area (Å²) >= 11 is 3.35. The summed E-state index contributed by atoms with van der Waals surface area (Å²) < 4.78 is 0.822. The van der Waals surface area contributed by atoms with Gasteiger partial charge in [-0.05, 0) is 40.9 Å². The molecule has 0 spiro atoms. The number of pyridine rings is 1. The lowest BCUT2D eigenvalue weighted by molar-refractivity contribution is -0.116. The van der Waals surface area contributed by atoms with Gasteiger partial charge in [0.2, 0.25) is 5.91 Å². The van der Waals surface area contributed by atoms with Crippen molar-refractivity contribution in [1.82, 2.24) is 4.98 Å². The quantitative estimate of drug-likeness (QED) is 0.493. The number of aromatic nitrogens is 1. The van der Waals surface area contributed by atoms with Crippen molar-refractivity contribution in [3.05, 3.63) is 22.4 Å². The molecule has 0 aromatic carbocycles. The van der Waals surface area contributed by atoms with Crippen LogP contribution in [-0.2, 0) is 4.79 Å². The van der Waals surface area contributed by atoms with Gasteiger partial charge in [0, 0.05) is 6.42 Å². The summed E-state index contributed by atoms with van der Waals surface area (Å²) in [7, 11) is 0. The maximum Gasteiger partial charge on any atom is 0.224 e. The number of hydrogen-bond acceptors (Lipinski definition) is 2. The maximum absolute atomic E-state index is 11.8. The van der Waals surface area contributed by atoms with Crippen LogP contribution in [0.5, 0.6) is 0 Å². The molecule has 0 aliphatic heterocycles. The van der Waals surface area contributed by atoms with E-state index in [1.54, 1.807) is 6.20 Å². The maximum atomic E-state index is 11.8. The van der Waals surface area contributed by atoms with Gasteiger partial charge in [-0.25, -0.2) is 4.98 Å². The van der Waals surface area contributed by atoms with E-state index in [0.717, 1.165) is 28.7 Å². The van der Waals surface area contributed by atoms with E-state index in [0.29, 0.717) is 6.42 Å². The van der Waals surface area contributed by atoms with Crippen LogP contribution in [0.3, 0.4) is 0 Å². The van der Waals surface area contributed by atoms with Crippen LogP contribution in [-0.4, -0.2) is 10.9 Å². The van der Waals surface area contributed by atoms with Crippen LogP contribution in [0.4, 0.5) is 5.69 Å². The van der Waals surface area contributed by atoms with E-state index < -0.39 is 0 Å². The first-order valence-electron chi connectivity index (χ1n) is 7.55. The van der Waals surface area contributed by atoms with E-state index in [9.17, 15) is 4.79 Å². The molecule has 0 saturated carbocycles. The molecule has 0 bridgehead atoms. The number of halogens is 1. The minimum Gasteiger partial charge on any atom is -0.325 e. The Balaban J connectivity index is 2.15. The molecule has 0 fully saturated rings. The van der Waals surface area contributed by atoms with Gasteiger partial charge < -0.3 is 5.32 Å². The summed E-state index contributed by atoms with van der Waals surface area (Å²) in [4.78, 5) is 16.0. The first-order valence-corrected chi connectivity index (χ1v) is 8.34. The van der Waals surface area contributed by atoms with Crippen LogP contribution in [0, 0.1) is 6.92 Å². The summed E-state index contributed by atoms with van der Waals surface area (Å²) in [5, 5.41) is 2.90. The summed E-state index contributed by atoms with van der Waals surface area (Å²) in [5.74, 6) is 0.0853. The van der Waals surface area contributed by atoms with E-state index >= 15 is 0 Å². The predicted octanol–water partition coefficient (Wildman–Crippen LogP) is 5.23. The zero-order chi connectivity index (χ0) is 14.8. The third-order valence-corrected chi connectivity index (χ3v) is 4.14. The second kappa shape index (κ2) is 9.92. The van der Waals surface area contributed by atoms with E-state index in [1.165, 1.54) is 32.1 Å². The number of nitrogens with zero attached hydrogens (tertiary/aromatic N) is 1. The molecule has 20 heavy (non-hydrogen) atoms. The summed E-state index contributed by atoms with van der Waals surface area (Å²) in [6.07, 6.45) is 10.9. The fraction of sp³-hybridized carbons (Fsp3) is 0.625. The molecule has 1 aromatic rings. The van der Waals surface area contributed by atoms with Crippen LogP contribution in [0.2, 0.25) is 0 Å². The smallest absolute Gasteiger partial charge is 0.224 e. The molecule has 1 rings (SSSR count). The second-order valence-electron chi connectivity index (χ2n) is 5.25. The van der Waals surface area contributed by atoms with Gasteiger partial charge in [0.25, 0.3) is 0 Å². The summed E-state index contributed by atoms with van der Waals surface area (Å²) in [6.45, 7) is 4.19. The fourth-order valence-electron chi connectivity index (χ4n) is 2.09. The average Bonchev–Trinajstić information content (AvgIpc) is 2.42. The lowest BCUT2D eigenvalue weighted by Crippen LogP contribution is -2.11. The molecule has 0 saturated heterocycles. The molecule has 1 amide bonds. The molecule has 1 aromatic heterocycles. The van der Waals surface area contributed by atoms with Gasteiger partial charge in [-0.15, -0.1) is 0 Å². The fourth-order valence-corrected chi connectivity index (χ4v) is 2.31. The molecule has 112 valence electrons. The van der Waals surface area contributed by atoms with Crippen molar-refractivity contribution in [3.63, 3.8) is 0 Å². The Kier molecular flexibility index (Phi) is 8.51. The molecule has 0 atom stereocenters. The average molecular weight is 341 g/mol. The minimum atomic E-state index is 0.0853. The van der Waals surface area contributed by atoms with Gasteiger partial charge >= 0.3 is 0 Å². The van der Waals surface area contributed by atoms with E-state index in [1.807, 2.05) is 13.0 Å². The molecule has 0 aliphatic rings. The van der Waals surface area contributed by atoms with Gasteiger partial charge in [0.1, 0.15) is 4.60 Å². The van der Waals surface area contributed by atoms with E-state index in [4.69, 9.17) is 0 Å². The number of rotatable bonds is 9. The first kappa shape index (κ1) is 17.2. The largest absolute Gasteiger partial charge is 0.325 e. The standard InChI is InChI=1S/C16H25BrN2O/c1-3-4-5-6-7-8-9-10-15(20)19-14-11-13(2)16(17)18-12-14/h11-12H,3-10H2,1-2H3,(H,19,20). The number of carbonyl (C=O) groups is 1. The highest BCUT2D eigenvalue weighted by atomic mass is 79.9. The van der Waals surface area contributed by atoms with Gasteiger partial charge in [-0.2, -0.15) is 0 Å². The number of carbonyl (C=O) groups excluding carboxylic acids is 1. The van der Waals surface area contributed by atoms with Gasteiger partial charge in [-0.3, -0.25) is 4.79 Å². The van der Waals surface area contributed by atoms with Gasteiger partial charge in [0.05, 0.1) is 11.9 Å². The number of hydrogen-bond donors (Lipinski definition) is 1. The van der Waals surface area contributed by atoms with Crippen molar-refractivity contribution < 1.29 is 4.79 Å². The Morgan fingerprint density at radius 3 is 2.50 bits per heavy atom. The zero-order valence-electron chi connectivity index (χ0n) is 12.5. The van der Waals surface area contributed by atoms with Crippen molar-refractivity contribution in [2.45, 2.75) is 65.2 Å². The first-order chi connectivity index (χ1) is 9.63. The molecule has 0 aliphatic carbocycles. The number of nitrogens with one attached hydrogen (secondary N) is 1. The topological polar surface area (TPSA) is 42.0 Å². The number of anilines is 1. The Morgan fingerprint density at radius 1 is 1.20 bits per heavy atom. The molecule has 3 nitrogen and oxygen atoms in total. The highest BCUT2D eigenvalue weighted by Gasteiger charge is 2.04. The molecular weight excluding hydrogens is 316 g/mol. The summed E-state index contributed by atoms with van der Waals surface area (Å²) in [5.41, 5.74) is 1.80. The van der Waals surface area contributed by atoms with Crippen molar-refractivity contribution in [1.29, 1.82) is 0 Å². The van der Waals surface area contributed by atoms with E-state index in [2.05, 4.69) is 33.2 Å². The monoisotopic (exact) mass is 340 g/mol. The molecule has 4 heteroatoms. The van der Waals surface area contributed by atoms with Crippen molar-refractivity contribution >= 4 is 27.5 Å². The number of unbranched alkanes of at least 4 members (excludes halogenated alkanes) is 6. The van der Waals surface area contributed by atoms with Crippen LogP contribution < -0.4 is 5.32 Å². The normalized spacial score (nSPS) is 10.6. The van der Waals surface area contributed by atoms with Gasteiger partial charge in [-0.1, -0.05) is 45.4 Å². The van der Waals surface area contributed by atoms with Crippen LogP contribution in [0.25, 0.3) is 0 Å². The molecule has 0 radical (unpaired) electrons. The van der Waals surface area contributed by atoms with Crippen molar-refractivity contribution in [3.8, 4) is 0 Å². The molecular formula is C16H25BrN2O. The Labute approximate surface area is 130 Å². The van der Waals surface area contributed by atoms with Crippen LogP contribution in [0.15, 0.2) is 16.9 Å².